The van der Waals surface area contributed by atoms with Gasteiger partial charge in [0, 0.05) is 12.1 Å². The van der Waals surface area contributed by atoms with E-state index in [0.29, 0.717) is 12.4 Å². The molecule has 21 heavy (non-hydrogen) atoms. The zero-order valence-corrected chi connectivity index (χ0v) is 12.0. The molecule has 2 N–H and O–H groups in total. The summed E-state index contributed by atoms with van der Waals surface area (Å²) in [6.07, 6.45) is 1.72. The van der Waals surface area contributed by atoms with Crippen LogP contribution >= 0.6 is 0 Å². The van der Waals surface area contributed by atoms with Crippen molar-refractivity contribution in [3.8, 4) is 11.3 Å². The monoisotopic (exact) mass is 283 g/mol. The highest BCUT2D eigenvalue weighted by atomic mass is 16.4. The second-order valence-electron chi connectivity index (χ2n) is 4.90. The Balaban J connectivity index is 1.70. The largest absolute Gasteiger partial charge is 0.444 e. The Hall–Kier alpha value is -2.47. The molecule has 0 aliphatic rings. The molecule has 0 saturated heterocycles. The van der Waals surface area contributed by atoms with Crippen LogP contribution in [0.2, 0.25) is 0 Å². The molecular formula is C15H17N5O. The van der Waals surface area contributed by atoms with Crippen molar-refractivity contribution in [3.63, 3.8) is 0 Å². The van der Waals surface area contributed by atoms with E-state index < -0.39 is 0 Å². The molecule has 0 aliphatic carbocycles. The maximum Gasteiger partial charge on any atom is 0.211 e. The van der Waals surface area contributed by atoms with Gasteiger partial charge in [0.05, 0.1) is 12.2 Å². The van der Waals surface area contributed by atoms with Crippen LogP contribution in [-0.2, 0) is 6.54 Å². The van der Waals surface area contributed by atoms with Gasteiger partial charge in [-0.2, -0.15) is 15.4 Å². The summed E-state index contributed by atoms with van der Waals surface area (Å²) >= 11 is 0. The first-order chi connectivity index (χ1) is 10.2. The average Bonchev–Trinajstić information content (AvgIpc) is 3.14. The van der Waals surface area contributed by atoms with Crippen LogP contribution in [0.25, 0.3) is 11.3 Å². The number of rotatable bonds is 5. The molecular weight excluding hydrogens is 266 g/mol. The van der Waals surface area contributed by atoms with Crippen LogP contribution in [0.1, 0.15) is 30.3 Å². The maximum absolute atomic E-state index is 5.51. The molecule has 1 aromatic carbocycles. The van der Waals surface area contributed by atoms with Crippen LogP contribution in [-0.4, -0.2) is 20.4 Å². The van der Waals surface area contributed by atoms with Crippen molar-refractivity contribution < 1.29 is 4.42 Å². The smallest absolute Gasteiger partial charge is 0.211 e. The van der Waals surface area contributed by atoms with Gasteiger partial charge < -0.3 is 9.73 Å². The van der Waals surface area contributed by atoms with E-state index in [0.717, 1.165) is 22.7 Å². The van der Waals surface area contributed by atoms with Crippen LogP contribution in [0.5, 0.6) is 0 Å². The van der Waals surface area contributed by atoms with Crippen molar-refractivity contribution in [3.05, 3.63) is 53.9 Å². The summed E-state index contributed by atoms with van der Waals surface area (Å²) in [5, 5.41) is 14.5. The third kappa shape index (κ3) is 3.00. The van der Waals surface area contributed by atoms with E-state index in [4.69, 9.17) is 4.42 Å². The van der Waals surface area contributed by atoms with Gasteiger partial charge in [-0.15, -0.1) is 0 Å². The molecule has 0 aliphatic heterocycles. The molecule has 3 aromatic rings. The summed E-state index contributed by atoms with van der Waals surface area (Å²) in [6.45, 7) is 4.48. The van der Waals surface area contributed by atoms with Crippen LogP contribution < -0.4 is 5.32 Å². The van der Waals surface area contributed by atoms with Gasteiger partial charge >= 0.3 is 0 Å². The van der Waals surface area contributed by atoms with Gasteiger partial charge in [0.15, 0.2) is 0 Å². The highest BCUT2D eigenvalue weighted by molar-refractivity contribution is 5.60. The van der Waals surface area contributed by atoms with Crippen molar-refractivity contribution in [1.82, 2.24) is 25.7 Å². The standard InChI is InChI=1S/C15H17N5O/c1-10-8-17-15(21-10)11(2)16-9-13-14(19-20-18-13)12-6-4-3-5-7-12/h3-8,11,16H,9H2,1-2H3,(H,18,19,20). The molecule has 6 heteroatoms. The second kappa shape index (κ2) is 5.88. The van der Waals surface area contributed by atoms with Gasteiger partial charge in [-0.25, -0.2) is 4.98 Å². The number of aromatic nitrogens is 4. The Labute approximate surface area is 122 Å². The molecule has 0 spiro atoms. The predicted octanol–water partition coefficient (Wildman–Crippen LogP) is 2.62. The van der Waals surface area contributed by atoms with Gasteiger partial charge in [0.1, 0.15) is 17.1 Å². The van der Waals surface area contributed by atoms with Crippen molar-refractivity contribution in [2.24, 2.45) is 0 Å². The Morgan fingerprint density at radius 3 is 2.76 bits per heavy atom. The maximum atomic E-state index is 5.51. The van der Waals surface area contributed by atoms with E-state index in [2.05, 4.69) is 25.7 Å². The SMILES string of the molecule is Cc1cnc(C(C)NCc2n[nH]nc2-c2ccccc2)o1. The minimum Gasteiger partial charge on any atom is -0.444 e. The number of oxazole rings is 1. The van der Waals surface area contributed by atoms with Gasteiger partial charge in [-0.3, -0.25) is 0 Å². The fourth-order valence-electron chi connectivity index (χ4n) is 2.11. The summed E-state index contributed by atoms with van der Waals surface area (Å²) in [4.78, 5) is 4.22. The molecule has 0 amide bonds. The molecule has 2 heterocycles. The lowest BCUT2D eigenvalue weighted by Crippen LogP contribution is -2.19. The summed E-state index contributed by atoms with van der Waals surface area (Å²) in [5.41, 5.74) is 2.78. The van der Waals surface area contributed by atoms with Crippen LogP contribution in [0.15, 0.2) is 40.9 Å². The van der Waals surface area contributed by atoms with E-state index in [1.54, 1.807) is 6.20 Å². The van der Waals surface area contributed by atoms with E-state index in [9.17, 15) is 0 Å². The summed E-state index contributed by atoms with van der Waals surface area (Å²) in [5.74, 6) is 1.49. The van der Waals surface area contributed by atoms with Gasteiger partial charge in [0.25, 0.3) is 0 Å². The predicted molar refractivity (Wildman–Crippen MR) is 78.3 cm³/mol. The number of aromatic amines is 1. The summed E-state index contributed by atoms with van der Waals surface area (Å²) < 4.78 is 5.51. The fourth-order valence-corrected chi connectivity index (χ4v) is 2.11. The zero-order valence-electron chi connectivity index (χ0n) is 12.0. The van der Waals surface area contributed by atoms with Gasteiger partial charge in [-0.05, 0) is 13.8 Å². The highest BCUT2D eigenvalue weighted by Gasteiger charge is 2.14. The van der Waals surface area contributed by atoms with Crippen LogP contribution in [0, 0.1) is 6.92 Å². The number of hydrogen-bond acceptors (Lipinski definition) is 5. The molecule has 108 valence electrons. The Bertz CT molecular complexity index is 704. The lowest BCUT2D eigenvalue weighted by Gasteiger charge is -2.09. The number of H-pyrrole nitrogens is 1. The average molecular weight is 283 g/mol. The van der Waals surface area contributed by atoms with Crippen molar-refractivity contribution >= 4 is 0 Å². The Kier molecular flexibility index (Phi) is 3.79. The second-order valence-corrected chi connectivity index (χ2v) is 4.90. The fraction of sp³-hybridized carbons (Fsp3) is 0.267. The van der Waals surface area contributed by atoms with Crippen LogP contribution in [0.4, 0.5) is 0 Å². The Morgan fingerprint density at radius 2 is 2.05 bits per heavy atom. The minimum atomic E-state index is 0.0130. The normalized spacial score (nSPS) is 12.5. The van der Waals surface area contributed by atoms with E-state index >= 15 is 0 Å². The molecule has 0 fully saturated rings. The third-order valence-corrected chi connectivity index (χ3v) is 3.25. The summed E-state index contributed by atoms with van der Waals surface area (Å²) in [6, 6.07) is 10.00. The molecule has 0 bridgehead atoms. The molecule has 1 atom stereocenters. The lowest BCUT2D eigenvalue weighted by atomic mass is 10.1. The molecule has 0 saturated carbocycles. The number of nitrogens with one attached hydrogen (secondary N) is 2. The highest BCUT2D eigenvalue weighted by Crippen LogP contribution is 2.20. The lowest BCUT2D eigenvalue weighted by molar-refractivity contribution is 0.401. The third-order valence-electron chi connectivity index (χ3n) is 3.25. The molecule has 1 unspecified atom stereocenters. The number of benzene rings is 1. The molecule has 2 aromatic heterocycles. The molecule has 6 nitrogen and oxygen atoms in total. The number of hydrogen-bond donors (Lipinski definition) is 2. The number of aryl methyl sites for hydroxylation is 1. The topological polar surface area (TPSA) is 79.6 Å². The van der Waals surface area contributed by atoms with Crippen molar-refractivity contribution in [2.75, 3.05) is 0 Å². The number of nitrogens with zero attached hydrogens (tertiary/aromatic N) is 3. The summed E-state index contributed by atoms with van der Waals surface area (Å²) in [7, 11) is 0. The molecule has 3 rings (SSSR count). The minimum absolute atomic E-state index is 0.0130. The first kappa shape index (κ1) is 13.5. The van der Waals surface area contributed by atoms with E-state index in [-0.39, 0.29) is 6.04 Å². The van der Waals surface area contributed by atoms with Gasteiger partial charge in [0.2, 0.25) is 5.89 Å². The van der Waals surface area contributed by atoms with Crippen molar-refractivity contribution in [1.29, 1.82) is 0 Å². The van der Waals surface area contributed by atoms with Gasteiger partial charge in [-0.1, -0.05) is 30.3 Å². The first-order valence-corrected chi connectivity index (χ1v) is 6.85. The van der Waals surface area contributed by atoms with Crippen molar-refractivity contribution in [2.45, 2.75) is 26.4 Å². The first-order valence-electron chi connectivity index (χ1n) is 6.85. The zero-order chi connectivity index (χ0) is 14.7. The van der Waals surface area contributed by atoms with E-state index in [1.807, 2.05) is 44.2 Å². The quantitative estimate of drug-likeness (QED) is 0.752. The van der Waals surface area contributed by atoms with Crippen LogP contribution in [0.3, 0.4) is 0 Å². The molecule has 0 radical (unpaired) electrons. The van der Waals surface area contributed by atoms with E-state index in [1.165, 1.54) is 0 Å². The Morgan fingerprint density at radius 1 is 1.24 bits per heavy atom.